The Bertz CT molecular complexity index is 380. The quantitative estimate of drug-likeness (QED) is 0.526. The Morgan fingerprint density at radius 3 is 2.94 bits per heavy atom. The summed E-state index contributed by atoms with van der Waals surface area (Å²) in [5.41, 5.74) is 1.06. The van der Waals surface area contributed by atoms with Crippen molar-refractivity contribution in [1.82, 2.24) is 9.97 Å². The van der Waals surface area contributed by atoms with E-state index in [1.54, 1.807) is 13.3 Å². The number of methoxy groups -OCH3 is 1. The van der Waals surface area contributed by atoms with Gasteiger partial charge in [-0.2, -0.15) is 0 Å². The van der Waals surface area contributed by atoms with E-state index in [-0.39, 0.29) is 0 Å². The van der Waals surface area contributed by atoms with Crippen molar-refractivity contribution in [2.24, 2.45) is 4.99 Å². The summed E-state index contributed by atoms with van der Waals surface area (Å²) in [4.78, 5) is 12.6. The minimum atomic E-state index is 0.473. The van der Waals surface area contributed by atoms with Crippen LogP contribution in [0.1, 0.15) is 33.1 Å². The fourth-order valence-corrected chi connectivity index (χ4v) is 1.40. The molecule has 0 N–H and O–H groups in total. The Balaban J connectivity index is 2.68. The molecule has 5 heteroatoms. The molecule has 0 atom stereocenters. The first-order valence-corrected chi connectivity index (χ1v) is 6.23. The highest BCUT2D eigenvalue weighted by atomic mass is 16.5. The van der Waals surface area contributed by atoms with E-state index in [2.05, 4.69) is 21.9 Å². The molecule has 1 aromatic heterocycles. The molecule has 1 aromatic rings. The van der Waals surface area contributed by atoms with Crippen LogP contribution in [0.4, 0.5) is 5.82 Å². The molecular formula is C13H21N3O2. The van der Waals surface area contributed by atoms with Gasteiger partial charge >= 0.3 is 0 Å². The zero-order valence-electron chi connectivity index (χ0n) is 11.3. The SMILES string of the molecule is CCCCC(C)=Nc1ncncc1OCCOC. The smallest absolute Gasteiger partial charge is 0.198 e. The number of rotatable bonds is 8. The molecule has 0 amide bonds. The molecule has 100 valence electrons. The lowest BCUT2D eigenvalue weighted by atomic mass is 10.2. The van der Waals surface area contributed by atoms with Gasteiger partial charge in [0, 0.05) is 12.8 Å². The normalized spacial score (nSPS) is 11.6. The van der Waals surface area contributed by atoms with Crippen molar-refractivity contribution in [3.63, 3.8) is 0 Å². The molecule has 0 saturated heterocycles. The van der Waals surface area contributed by atoms with Gasteiger partial charge in [-0.3, -0.25) is 0 Å². The van der Waals surface area contributed by atoms with Crippen LogP contribution >= 0.6 is 0 Å². The summed E-state index contributed by atoms with van der Waals surface area (Å²) in [7, 11) is 1.64. The van der Waals surface area contributed by atoms with Crippen LogP contribution in [0.25, 0.3) is 0 Å². The van der Waals surface area contributed by atoms with Crippen LogP contribution in [-0.2, 0) is 4.74 Å². The molecule has 0 bridgehead atoms. The maximum atomic E-state index is 5.53. The fourth-order valence-electron chi connectivity index (χ4n) is 1.40. The van der Waals surface area contributed by atoms with Crippen LogP contribution in [0, 0.1) is 0 Å². The van der Waals surface area contributed by atoms with Crippen molar-refractivity contribution in [3.8, 4) is 5.75 Å². The average molecular weight is 251 g/mol. The molecule has 0 saturated carbocycles. The maximum Gasteiger partial charge on any atom is 0.198 e. The molecule has 0 spiro atoms. The topological polar surface area (TPSA) is 56.6 Å². The van der Waals surface area contributed by atoms with Crippen molar-refractivity contribution in [1.29, 1.82) is 0 Å². The third-order valence-corrected chi connectivity index (χ3v) is 2.39. The highest BCUT2D eigenvalue weighted by molar-refractivity contribution is 5.84. The second-order valence-corrected chi connectivity index (χ2v) is 4.00. The summed E-state index contributed by atoms with van der Waals surface area (Å²) in [5.74, 6) is 1.19. The van der Waals surface area contributed by atoms with Gasteiger partial charge in [-0.1, -0.05) is 13.3 Å². The molecule has 1 rings (SSSR count). The lowest BCUT2D eigenvalue weighted by molar-refractivity contribution is 0.146. The van der Waals surface area contributed by atoms with Crippen LogP contribution in [0.3, 0.4) is 0 Å². The van der Waals surface area contributed by atoms with E-state index in [0.717, 1.165) is 25.0 Å². The van der Waals surface area contributed by atoms with Crippen molar-refractivity contribution >= 4 is 11.5 Å². The zero-order chi connectivity index (χ0) is 13.2. The summed E-state index contributed by atoms with van der Waals surface area (Å²) >= 11 is 0. The third-order valence-electron chi connectivity index (χ3n) is 2.39. The Morgan fingerprint density at radius 2 is 2.22 bits per heavy atom. The predicted octanol–water partition coefficient (Wildman–Crippen LogP) is 2.78. The van der Waals surface area contributed by atoms with Gasteiger partial charge in [-0.05, 0) is 19.8 Å². The van der Waals surface area contributed by atoms with E-state index in [0.29, 0.717) is 24.8 Å². The number of ether oxygens (including phenoxy) is 2. The predicted molar refractivity (Wildman–Crippen MR) is 71.7 cm³/mol. The largest absolute Gasteiger partial charge is 0.486 e. The zero-order valence-corrected chi connectivity index (χ0v) is 11.3. The second kappa shape index (κ2) is 8.58. The monoisotopic (exact) mass is 251 g/mol. The van der Waals surface area contributed by atoms with Gasteiger partial charge in [-0.25, -0.2) is 15.0 Å². The van der Waals surface area contributed by atoms with Crippen LogP contribution in [0.2, 0.25) is 0 Å². The van der Waals surface area contributed by atoms with E-state index in [9.17, 15) is 0 Å². The van der Waals surface area contributed by atoms with Crippen LogP contribution in [0.5, 0.6) is 5.75 Å². The lowest BCUT2D eigenvalue weighted by Gasteiger charge is -2.07. The molecule has 0 aromatic carbocycles. The van der Waals surface area contributed by atoms with Gasteiger partial charge in [0.1, 0.15) is 12.9 Å². The molecule has 0 radical (unpaired) electrons. The number of hydrogen-bond acceptors (Lipinski definition) is 5. The first-order chi connectivity index (χ1) is 8.77. The van der Waals surface area contributed by atoms with E-state index in [1.807, 2.05) is 6.92 Å². The third kappa shape index (κ3) is 5.23. The van der Waals surface area contributed by atoms with Gasteiger partial charge in [0.15, 0.2) is 11.6 Å². The number of aliphatic imine (C=N–C) groups is 1. The molecule has 0 unspecified atom stereocenters. The number of hydrogen-bond donors (Lipinski definition) is 0. The molecule has 0 aliphatic heterocycles. The van der Waals surface area contributed by atoms with Crippen molar-refractivity contribution < 1.29 is 9.47 Å². The Labute approximate surface area is 108 Å². The minimum absolute atomic E-state index is 0.473. The van der Waals surface area contributed by atoms with E-state index in [1.165, 1.54) is 6.33 Å². The Kier molecular flexibility index (Phi) is 6.94. The van der Waals surface area contributed by atoms with E-state index >= 15 is 0 Å². The molecular weight excluding hydrogens is 230 g/mol. The molecule has 0 aliphatic carbocycles. The maximum absolute atomic E-state index is 5.53. The molecule has 5 nitrogen and oxygen atoms in total. The van der Waals surface area contributed by atoms with Crippen molar-refractivity contribution in [2.45, 2.75) is 33.1 Å². The minimum Gasteiger partial charge on any atom is -0.486 e. The van der Waals surface area contributed by atoms with Crippen LogP contribution in [0.15, 0.2) is 17.5 Å². The highest BCUT2D eigenvalue weighted by Gasteiger charge is 2.04. The van der Waals surface area contributed by atoms with Gasteiger partial charge < -0.3 is 9.47 Å². The van der Waals surface area contributed by atoms with Gasteiger partial charge in [0.2, 0.25) is 0 Å². The first-order valence-electron chi connectivity index (χ1n) is 6.23. The highest BCUT2D eigenvalue weighted by Crippen LogP contribution is 2.23. The number of nitrogens with zero attached hydrogens (tertiary/aromatic N) is 3. The van der Waals surface area contributed by atoms with Gasteiger partial charge in [0.25, 0.3) is 0 Å². The Hall–Kier alpha value is -1.49. The molecule has 0 fully saturated rings. The first kappa shape index (κ1) is 14.6. The Morgan fingerprint density at radius 1 is 1.39 bits per heavy atom. The summed E-state index contributed by atoms with van der Waals surface area (Å²) in [5, 5.41) is 0. The molecule has 0 aliphatic rings. The molecule has 1 heterocycles. The van der Waals surface area contributed by atoms with E-state index < -0.39 is 0 Å². The fraction of sp³-hybridized carbons (Fsp3) is 0.615. The summed E-state index contributed by atoms with van der Waals surface area (Å²) in [6.45, 7) is 5.18. The van der Waals surface area contributed by atoms with Gasteiger partial charge in [0.05, 0.1) is 12.8 Å². The molecule has 18 heavy (non-hydrogen) atoms. The average Bonchev–Trinajstić information content (AvgIpc) is 2.38. The lowest BCUT2D eigenvalue weighted by Crippen LogP contribution is -2.05. The number of aromatic nitrogens is 2. The van der Waals surface area contributed by atoms with Crippen molar-refractivity contribution in [2.75, 3.05) is 20.3 Å². The number of unbranched alkanes of at least 4 members (excludes halogenated alkanes) is 1. The summed E-state index contributed by atoms with van der Waals surface area (Å²) < 4.78 is 10.5. The van der Waals surface area contributed by atoms with Gasteiger partial charge in [-0.15, -0.1) is 0 Å². The van der Waals surface area contributed by atoms with Crippen LogP contribution < -0.4 is 4.74 Å². The summed E-state index contributed by atoms with van der Waals surface area (Å²) in [6, 6.07) is 0. The summed E-state index contributed by atoms with van der Waals surface area (Å²) in [6.07, 6.45) is 6.40. The van der Waals surface area contributed by atoms with Crippen molar-refractivity contribution in [3.05, 3.63) is 12.5 Å². The second-order valence-electron chi connectivity index (χ2n) is 4.00. The van der Waals surface area contributed by atoms with Crippen LogP contribution in [-0.4, -0.2) is 36.0 Å². The standard InChI is InChI=1S/C13H21N3O2/c1-4-5-6-11(2)16-13-12(9-14-10-15-13)18-8-7-17-3/h9-10H,4-8H2,1-3H3. The van der Waals surface area contributed by atoms with E-state index in [4.69, 9.17) is 9.47 Å².